The van der Waals surface area contributed by atoms with Crippen molar-refractivity contribution in [3.8, 4) is 0 Å². The number of ether oxygens (including phenoxy) is 1. The van der Waals surface area contributed by atoms with E-state index in [1.165, 1.54) is 0 Å². The van der Waals surface area contributed by atoms with E-state index in [4.69, 9.17) is 4.74 Å². The van der Waals surface area contributed by atoms with Gasteiger partial charge in [0.05, 0.1) is 36.9 Å². The summed E-state index contributed by atoms with van der Waals surface area (Å²) >= 11 is 0. The molecule has 0 unspecified atom stereocenters. The van der Waals surface area contributed by atoms with Crippen molar-refractivity contribution < 1.29 is 14.6 Å². The van der Waals surface area contributed by atoms with Crippen molar-refractivity contribution >= 4 is 16.8 Å². The average molecular weight is 351 g/mol. The zero-order chi connectivity index (χ0) is 17.9. The fourth-order valence-corrected chi connectivity index (χ4v) is 3.61. The molecule has 134 valence electrons. The molecule has 1 aliphatic rings. The molecule has 6 heteroatoms. The first-order valence-corrected chi connectivity index (χ1v) is 8.77. The lowest BCUT2D eigenvalue weighted by Gasteiger charge is -2.41. The number of carbonyl (C=O) groups is 1. The van der Waals surface area contributed by atoms with E-state index in [0.29, 0.717) is 13.2 Å². The fourth-order valence-electron chi connectivity index (χ4n) is 3.61. The quantitative estimate of drug-likeness (QED) is 0.754. The minimum Gasteiger partial charge on any atom is -0.394 e. The smallest absolute Gasteiger partial charge is 0.229 e. The SMILES string of the molecule is O=C(Cc1[nH]nc2ccccc12)N1CCO[C@@H](CO)[C@@H]1c1ccccc1. The van der Waals surface area contributed by atoms with Crippen LogP contribution in [-0.4, -0.2) is 52.0 Å². The van der Waals surface area contributed by atoms with Crippen LogP contribution in [0.3, 0.4) is 0 Å². The summed E-state index contributed by atoms with van der Waals surface area (Å²) in [6, 6.07) is 17.2. The van der Waals surface area contributed by atoms with Crippen molar-refractivity contribution in [1.82, 2.24) is 15.1 Å². The van der Waals surface area contributed by atoms with Crippen molar-refractivity contribution in [2.75, 3.05) is 19.8 Å². The Kier molecular flexibility index (Phi) is 4.69. The lowest BCUT2D eigenvalue weighted by Crippen LogP contribution is -2.50. The van der Waals surface area contributed by atoms with E-state index in [0.717, 1.165) is 22.2 Å². The third-order valence-electron chi connectivity index (χ3n) is 4.86. The Hall–Kier alpha value is -2.70. The molecule has 2 aromatic carbocycles. The number of fused-ring (bicyclic) bond motifs is 1. The summed E-state index contributed by atoms with van der Waals surface area (Å²) in [7, 11) is 0. The third kappa shape index (κ3) is 3.09. The monoisotopic (exact) mass is 351 g/mol. The van der Waals surface area contributed by atoms with Crippen molar-refractivity contribution in [2.45, 2.75) is 18.6 Å². The largest absolute Gasteiger partial charge is 0.394 e. The Morgan fingerprint density at radius 1 is 1.19 bits per heavy atom. The number of para-hydroxylation sites is 1. The normalized spacial score (nSPS) is 20.4. The number of carbonyl (C=O) groups excluding carboxylic acids is 1. The number of amides is 1. The van der Waals surface area contributed by atoms with Gasteiger partial charge in [0, 0.05) is 11.9 Å². The molecule has 6 nitrogen and oxygen atoms in total. The molecule has 1 saturated heterocycles. The van der Waals surface area contributed by atoms with Crippen LogP contribution in [0.1, 0.15) is 17.3 Å². The van der Waals surface area contributed by atoms with Gasteiger partial charge in [-0.15, -0.1) is 0 Å². The van der Waals surface area contributed by atoms with Crippen LogP contribution in [0.15, 0.2) is 54.6 Å². The molecule has 0 spiro atoms. The summed E-state index contributed by atoms with van der Waals surface area (Å²) < 4.78 is 5.72. The maximum absolute atomic E-state index is 13.1. The fraction of sp³-hybridized carbons (Fsp3) is 0.300. The van der Waals surface area contributed by atoms with Gasteiger partial charge in [0.2, 0.25) is 5.91 Å². The first-order valence-electron chi connectivity index (χ1n) is 8.77. The van der Waals surface area contributed by atoms with Crippen molar-refractivity contribution in [3.63, 3.8) is 0 Å². The number of nitrogens with zero attached hydrogens (tertiary/aromatic N) is 2. The van der Waals surface area contributed by atoms with E-state index in [1.54, 1.807) is 0 Å². The van der Waals surface area contributed by atoms with Crippen LogP contribution in [0.2, 0.25) is 0 Å². The second-order valence-electron chi connectivity index (χ2n) is 6.43. The minimum atomic E-state index is -0.423. The minimum absolute atomic E-state index is 0.00462. The highest BCUT2D eigenvalue weighted by Crippen LogP contribution is 2.30. The third-order valence-corrected chi connectivity index (χ3v) is 4.86. The molecule has 0 radical (unpaired) electrons. The molecule has 1 aliphatic heterocycles. The zero-order valence-corrected chi connectivity index (χ0v) is 14.3. The first-order chi connectivity index (χ1) is 12.8. The molecule has 2 atom stereocenters. The number of nitrogens with one attached hydrogen (secondary N) is 1. The number of H-pyrrole nitrogens is 1. The van der Waals surface area contributed by atoms with Crippen LogP contribution in [0.5, 0.6) is 0 Å². The molecule has 3 aromatic rings. The number of aromatic nitrogens is 2. The van der Waals surface area contributed by atoms with Crippen LogP contribution in [0, 0.1) is 0 Å². The Morgan fingerprint density at radius 2 is 1.96 bits per heavy atom. The maximum Gasteiger partial charge on any atom is 0.229 e. The van der Waals surface area contributed by atoms with Gasteiger partial charge in [-0.05, 0) is 11.6 Å². The molecule has 0 saturated carbocycles. The molecule has 2 heterocycles. The number of morpholine rings is 1. The first kappa shape index (κ1) is 16.8. The molecule has 1 amide bonds. The summed E-state index contributed by atoms with van der Waals surface area (Å²) in [5, 5.41) is 18.0. The van der Waals surface area contributed by atoms with Crippen molar-refractivity contribution in [1.29, 1.82) is 0 Å². The van der Waals surface area contributed by atoms with Crippen molar-refractivity contribution in [2.24, 2.45) is 0 Å². The number of aromatic amines is 1. The molecule has 2 N–H and O–H groups in total. The number of rotatable bonds is 4. The van der Waals surface area contributed by atoms with E-state index < -0.39 is 6.10 Å². The number of aliphatic hydroxyl groups is 1. The van der Waals surface area contributed by atoms with Gasteiger partial charge >= 0.3 is 0 Å². The Labute approximate surface area is 151 Å². The summed E-state index contributed by atoms with van der Waals surface area (Å²) in [5.41, 5.74) is 2.63. The topological polar surface area (TPSA) is 78.5 Å². The van der Waals surface area contributed by atoms with Gasteiger partial charge in [-0.3, -0.25) is 9.89 Å². The maximum atomic E-state index is 13.1. The highest BCUT2D eigenvalue weighted by Gasteiger charge is 2.36. The van der Waals surface area contributed by atoms with E-state index in [1.807, 2.05) is 59.5 Å². The second kappa shape index (κ2) is 7.27. The van der Waals surface area contributed by atoms with E-state index in [-0.39, 0.29) is 25.0 Å². The highest BCUT2D eigenvalue weighted by atomic mass is 16.5. The molecule has 0 bridgehead atoms. The second-order valence-corrected chi connectivity index (χ2v) is 6.43. The molecule has 0 aliphatic carbocycles. The van der Waals surface area contributed by atoms with Crippen LogP contribution in [0.4, 0.5) is 0 Å². The van der Waals surface area contributed by atoms with E-state index in [2.05, 4.69) is 10.2 Å². The van der Waals surface area contributed by atoms with Crippen LogP contribution >= 0.6 is 0 Å². The molecule has 4 rings (SSSR count). The number of benzene rings is 2. The highest BCUT2D eigenvalue weighted by molar-refractivity contribution is 5.87. The summed E-state index contributed by atoms with van der Waals surface area (Å²) in [5.74, 6) is -0.00462. The van der Waals surface area contributed by atoms with Gasteiger partial charge in [0.1, 0.15) is 6.10 Å². The summed E-state index contributed by atoms with van der Waals surface area (Å²) in [6.45, 7) is 0.793. The number of hydrogen-bond donors (Lipinski definition) is 2. The standard InChI is InChI=1S/C20H21N3O3/c24-13-18-20(14-6-2-1-3-7-14)23(10-11-26-18)19(25)12-17-15-8-4-5-9-16(15)21-22-17/h1-9,18,20,24H,10-13H2,(H,21,22)/t18-,20-/m0/s1. The van der Waals surface area contributed by atoms with Crippen LogP contribution in [0.25, 0.3) is 10.9 Å². The average Bonchev–Trinajstić information content (AvgIpc) is 3.11. The Balaban J connectivity index is 1.62. The number of aliphatic hydroxyl groups excluding tert-OH is 1. The van der Waals surface area contributed by atoms with Crippen LogP contribution < -0.4 is 0 Å². The summed E-state index contributed by atoms with van der Waals surface area (Å²) in [6.07, 6.45) is -0.184. The van der Waals surface area contributed by atoms with Gasteiger partial charge in [-0.25, -0.2) is 0 Å². The Bertz CT molecular complexity index is 893. The van der Waals surface area contributed by atoms with E-state index >= 15 is 0 Å². The lowest BCUT2D eigenvalue weighted by molar-refractivity contribution is -0.149. The van der Waals surface area contributed by atoms with Gasteiger partial charge in [-0.1, -0.05) is 48.5 Å². The van der Waals surface area contributed by atoms with Gasteiger partial charge in [0.25, 0.3) is 0 Å². The molecular formula is C20H21N3O3. The predicted octanol–water partition coefficient (Wildman–Crippen LogP) is 2.07. The molecule has 1 fully saturated rings. The van der Waals surface area contributed by atoms with Crippen LogP contribution in [-0.2, 0) is 16.0 Å². The molecule has 26 heavy (non-hydrogen) atoms. The Morgan fingerprint density at radius 3 is 2.77 bits per heavy atom. The van der Waals surface area contributed by atoms with E-state index in [9.17, 15) is 9.90 Å². The van der Waals surface area contributed by atoms with Gasteiger partial charge < -0.3 is 14.7 Å². The number of hydrogen-bond acceptors (Lipinski definition) is 4. The van der Waals surface area contributed by atoms with Gasteiger partial charge in [0.15, 0.2) is 0 Å². The summed E-state index contributed by atoms with van der Waals surface area (Å²) in [4.78, 5) is 14.9. The van der Waals surface area contributed by atoms with Crippen molar-refractivity contribution in [3.05, 3.63) is 65.9 Å². The van der Waals surface area contributed by atoms with Gasteiger partial charge in [-0.2, -0.15) is 5.10 Å². The molecule has 1 aromatic heterocycles. The predicted molar refractivity (Wildman–Crippen MR) is 97.5 cm³/mol. The molecular weight excluding hydrogens is 330 g/mol. The zero-order valence-electron chi connectivity index (χ0n) is 14.3. The lowest BCUT2D eigenvalue weighted by atomic mass is 9.97.